The number of rotatable bonds is 5. The lowest BCUT2D eigenvalue weighted by atomic mass is 10.1. The van der Waals surface area contributed by atoms with Gasteiger partial charge < -0.3 is 10.3 Å². The molecule has 0 aromatic heterocycles. The van der Waals surface area contributed by atoms with Crippen LogP contribution in [0.1, 0.15) is 17.2 Å². The summed E-state index contributed by atoms with van der Waals surface area (Å²) in [5.41, 5.74) is 2.05. The SMILES string of the molecule is C=CC(c1ccccc1)[NH+]([O-])Cc1ccccc1. The molecule has 0 aliphatic heterocycles. The summed E-state index contributed by atoms with van der Waals surface area (Å²) in [5, 5.41) is 12.5. The van der Waals surface area contributed by atoms with Crippen LogP contribution >= 0.6 is 0 Å². The number of hydrogen-bond donors (Lipinski definition) is 1. The molecule has 0 spiro atoms. The van der Waals surface area contributed by atoms with E-state index in [-0.39, 0.29) is 11.1 Å². The van der Waals surface area contributed by atoms with Gasteiger partial charge in [0.05, 0.1) is 0 Å². The normalized spacial score (nSPS) is 13.8. The van der Waals surface area contributed by atoms with Crippen LogP contribution in [0.5, 0.6) is 0 Å². The van der Waals surface area contributed by atoms with Gasteiger partial charge in [0.15, 0.2) is 0 Å². The molecule has 0 bridgehead atoms. The first-order chi connectivity index (χ1) is 8.81. The van der Waals surface area contributed by atoms with Gasteiger partial charge in [-0.05, 0) is 6.08 Å². The zero-order valence-corrected chi connectivity index (χ0v) is 10.3. The third-order valence-electron chi connectivity index (χ3n) is 2.96. The topological polar surface area (TPSA) is 27.5 Å². The molecule has 0 radical (unpaired) electrons. The molecule has 0 saturated carbocycles. The molecule has 0 heterocycles. The first-order valence-electron chi connectivity index (χ1n) is 6.05. The Hall–Kier alpha value is -1.90. The van der Waals surface area contributed by atoms with Crippen LogP contribution in [-0.4, -0.2) is 0 Å². The standard InChI is InChI=1S/C16H17NO/c1-2-16(15-11-7-4-8-12-15)17(18)13-14-9-5-3-6-10-14/h2-12,16-17H,1,13H2. The average Bonchev–Trinajstić information content (AvgIpc) is 2.42. The molecule has 2 aromatic carbocycles. The van der Waals surface area contributed by atoms with Gasteiger partial charge in [-0.1, -0.05) is 67.2 Å². The maximum Gasteiger partial charge on any atom is 0.132 e. The van der Waals surface area contributed by atoms with Crippen LogP contribution in [0.2, 0.25) is 0 Å². The number of hydroxylamine groups is 2. The van der Waals surface area contributed by atoms with E-state index < -0.39 is 0 Å². The average molecular weight is 239 g/mol. The Morgan fingerprint density at radius 1 is 1.00 bits per heavy atom. The quantitative estimate of drug-likeness (QED) is 0.630. The predicted molar refractivity (Wildman–Crippen MR) is 73.9 cm³/mol. The molecule has 2 heteroatoms. The smallest absolute Gasteiger partial charge is 0.132 e. The van der Waals surface area contributed by atoms with Crippen molar-refractivity contribution in [3.05, 3.63) is 89.7 Å². The van der Waals surface area contributed by atoms with E-state index in [0.717, 1.165) is 11.1 Å². The van der Waals surface area contributed by atoms with Crippen molar-refractivity contribution in [3.63, 3.8) is 0 Å². The lowest BCUT2D eigenvalue weighted by Gasteiger charge is -2.29. The molecule has 1 N–H and O–H groups in total. The van der Waals surface area contributed by atoms with Crippen LogP contribution < -0.4 is 5.06 Å². The first-order valence-corrected chi connectivity index (χ1v) is 6.05. The van der Waals surface area contributed by atoms with E-state index in [4.69, 9.17) is 0 Å². The fourth-order valence-corrected chi connectivity index (χ4v) is 2.02. The summed E-state index contributed by atoms with van der Waals surface area (Å²) in [6, 6.07) is 19.4. The van der Waals surface area contributed by atoms with Gasteiger partial charge in [-0.15, -0.1) is 0 Å². The van der Waals surface area contributed by atoms with Crippen molar-refractivity contribution in [2.45, 2.75) is 12.6 Å². The fraction of sp³-hybridized carbons (Fsp3) is 0.125. The highest BCUT2D eigenvalue weighted by molar-refractivity contribution is 5.20. The van der Waals surface area contributed by atoms with E-state index in [1.165, 1.54) is 0 Å². The second-order valence-corrected chi connectivity index (χ2v) is 4.25. The highest BCUT2D eigenvalue weighted by atomic mass is 16.5. The van der Waals surface area contributed by atoms with Crippen molar-refractivity contribution >= 4 is 0 Å². The molecule has 2 nitrogen and oxygen atoms in total. The van der Waals surface area contributed by atoms with Gasteiger partial charge in [0.25, 0.3) is 0 Å². The van der Waals surface area contributed by atoms with E-state index in [1.807, 2.05) is 60.7 Å². The zero-order chi connectivity index (χ0) is 12.8. The molecule has 2 rings (SSSR count). The number of benzene rings is 2. The molecular formula is C16H17NO. The Labute approximate surface area is 108 Å². The van der Waals surface area contributed by atoms with E-state index in [1.54, 1.807) is 6.08 Å². The summed E-state index contributed by atoms with van der Waals surface area (Å²) >= 11 is 0. The third kappa shape index (κ3) is 3.06. The Bertz CT molecular complexity index is 481. The van der Waals surface area contributed by atoms with Crippen molar-refractivity contribution in [1.82, 2.24) is 0 Å². The first kappa shape index (κ1) is 12.6. The highest BCUT2D eigenvalue weighted by Gasteiger charge is 2.14. The minimum atomic E-state index is -0.216. The van der Waals surface area contributed by atoms with Crippen molar-refractivity contribution < 1.29 is 5.06 Å². The maximum absolute atomic E-state index is 12.3. The Morgan fingerprint density at radius 3 is 2.11 bits per heavy atom. The summed E-state index contributed by atoms with van der Waals surface area (Å²) in [4.78, 5) is 0. The van der Waals surface area contributed by atoms with Gasteiger partial charge in [-0.3, -0.25) is 0 Å². The summed E-state index contributed by atoms with van der Waals surface area (Å²) in [6.07, 6.45) is 1.72. The molecule has 0 amide bonds. The van der Waals surface area contributed by atoms with Crippen LogP contribution in [-0.2, 0) is 6.54 Å². The molecule has 2 aromatic rings. The van der Waals surface area contributed by atoms with Crippen LogP contribution in [0.4, 0.5) is 0 Å². The number of nitrogens with one attached hydrogen (secondary N) is 1. The van der Waals surface area contributed by atoms with E-state index in [9.17, 15) is 5.21 Å². The van der Waals surface area contributed by atoms with Gasteiger partial charge in [-0.25, -0.2) is 0 Å². The monoisotopic (exact) mass is 239 g/mol. The Morgan fingerprint density at radius 2 is 1.56 bits per heavy atom. The van der Waals surface area contributed by atoms with Crippen molar-refractivity contribution in [2.24, 2.45) is 0 Å². The molecule has 2 unspecified atom stereocenters. The van der Waals surface area contributed by atoms with E-state index in [2.05, 4.69) is 6.58 Å². The highest BCUT2D eigenvalue weighted by Crippen LogP contribution is 2.10. The van der Waals surface area contributed by atoms with Crippen molar-refractivity contribution in [2.75, 3.05) is 0 Å². The van der Waals surface area contributed by atoms with Gasteiger partial charge in [0, 0.05) is 11.1 Å². The molecular weight excluding hydrogens is 222 g/mol. The van der Waals surface area contributed by atoms with Gasteiger partial charge >= 0.3 is 0 Å². The second kappa shape index (κ2) is 6.15. The number of quaternary nitrogens is 1. The van der Waals surface area contributed by atoms with Crippen LogP contribution in [0.15, 0.2) is 73.3 Å². The van der Waals surface area contributed by atoms with Crippen LogP contribution in [0.25, 0.3) is 0 Å². The predicted octanol–water partition coefficient (Wildman–Crippen LogP) is 2.50. The Balaban J connectivity index is 2.11. The second-order valence-electron chi connectivity index (χ2n) is 4.25. The maximum atomic E-state index is 12.3. The largest absolute Gasteiger partial charge is 0.633 e. The van der Waals surface area contributed by atoms with Crippen molar-refractivity contribution in [1.29, 1.82) is 0 Å². The molecule has 2 atom stereocenters. The van der Waals surface area contributed by atoms with E-state index in [0.29, 0.717) is 6.54 Å². The lowest BCUT2D eigenvalue weighted by Crippen LogP contribution is -3.05. The summed E-state index contributed by atoms with van der Waals surface area (Å²) in [5.74, 6) is 0. The number of hydrogen-bond acceptors (Lipinski definition) is 1. The minimum Gasteiger partial charge on any atom is -0.633 e. The molecule has 0 saturated heterocycles. The van der Waals surface area contributed by atoms with Gasteiger partial charge in [0.2, 0.25) is 0 Å². The summed E-state index contributed by atoms with van der Waals surface area (Å²) in [7, 11) is 0. The molecule has 92 valence electrons. The summed E-state index contributed by atoms with van der Waals surface area (Å²) < 4.78 is 0. The van der Waals surface area contributed by atoms with Gasteiger partial charge in [0.1, 0.15) is 12.6 Å². The fourth-order valence-electron chi connectivity index (χ4n) is 2.02. The third-order valence-corrected chi connectivity index (χ3v) is 2.96. The molecule has 18 heavy (non-hydrogen) atoms. The van der Waals surface area contributed by atoms with Gasteiger partial charge in [-0.2, -0.15) is 0 Å². The van der Waals surface area contributed by atoms with Crippen molar-refractivity contribution in [3.8, 4) is 0 Å². The zero-order valence-electron chi connectivity index (χ0n) is 10.3. The minimum absolute atomic E-state index is 0.183. The van der Waals surface area contributed by atoms with Crippen LogP contribution in [0.3, 0.4) is 0 Å². The molecule has 0 aliphatic rings. The molecule has 0 fully saturated rings. The molecule has 0 aliphatic carbocycles. The van der Waals surface area contributed by atoms with E-state index >= 15 is 0 Å². The Kier molecular flexibility index (Phi) is 4.29. The van der Waals surface area contributed by atoms with Crippen LogP contribution in [0, 0.1) is 5.21 Å². The summed E-state index contributed by atoms with van der Waals surface area (Å²) in [6.45, 7) is 4.23. The lowest BCUT2D eigenvalue weighted by molar-refractivity contribution is -0.888.